The molecule has 9 rings (SSSR count). The Morgan fingerprint density at radius 3 is 1.19 bits per heavy atom. The molecule has 14 nitrogen and oxygen atoms in total. The van der Waals surface area contributed by atoms with Crippen molar-refractivity contribution in [2.45, 2.75) is 20.8 Å². The lowest BCUT2D eigenvalue weighted by atomic mass is 10.1. The fourth-order valence-electron chi connectivity index (χ4n) is 7.54. The van der Waals surface area contributed by atoms with Gasteiger partial charge in [-0.2, -0.15) is 0 Å². The van der Waals surface area contributed by atoms with E-state index < -0.39 is 11.0 Å². The largest absolute Gasteiger partial charge is 0.493 e. The van der Waals surface area contributed by atoms with Gasteiger partial charge in [0.05, 0.1) is 54.0 Å². The van der Waals surface area contributed by atoms with Crippen molar-refractivity contribution in [2.75, 3.05) is 53.3 Å². The first-order valence-electron chi connectivity index (χ1n) is 19.3. The van der Waals surface area contributed by atoms with Gasteiger partial charge >= 0.3 is 0 Å². The third-order valence-corrected chi connectivity index (χ3v) is 12.7. The molecule has 0 saturated carbocycles. The maximum atomic E-state index is 14.4. The zero-order chi connectivity index (χ0) is 43.1. The van der Waals surface area contributed by atoms with Gasteiger partial charge in [-0.25, -0.2) is 9.98 Å². The molecule has 0 saturated heterocycles. The summed E-state index contributed by atoms with van der Waals surface area (Å²) in [6, 6.07) is 30.4. The fourth-order valence-corrected chi connectivity index (χ4v) is 9.86. The van der Waals surface area contributed by atoms with Crippen LogP contribution in [0.4, 0.5) is 11.4 Å². The van der Waals surface area contributed by atoms with Gasteiger partial charge in [0.1, 0.15) is 23.1 Å². The fraction of sp³-hybridized carbons (Fsp3) is 0.174. The summed E-state index contributed by atoms with van der Waals surface area (Å²) in [4.78, 5) is 43.8. The zero-order valence-corrected chi connectivity index (χ0v) is 36.1. The number of fused-ring (bicyclic) bond motifs is 2. The van der Waals surface area contributed by atoms with Crippen LogP contribution in [0.2, 0.25) is 0 Å². The van der Waals surface area contributed by atoms with E-state index in [0.717, 1.165) is 32.3 Å². The number of rotatable bonds is 12. The minimum Gasteiger partial charge on any atom is -0.493 e. The van der Waals surface area contributed by atoms with E-state index in [1.165, 1.54) is 23.5 Å². The van der Waals surface area contributed by atoms with Gasteiger partial charge in [0.2, 0.25) is 11.5 Å². The van der Waals surface area contributed by atoms with Gasteiger partial charge in [-0.05, 0) is 59.7 Å². The summed E-state index contributed by atoms with van der Waals surface area (Å²) in [6.07, 6.45) is 3.44. The van der Waals surface area contributed by atoms with Crippen LogP contribution in [0.25, 0.3) is 12.2 Å². The van der Waals surface area contributed by atoms with E-state index in [0.29, 0.717) is 57.3 Å². The summed E-state index contributed by atoms with van der Waals surface area (Å²) in [7, 11) is 9.26. The van der Waals surface area contributed by atoms with Crippen LogP contribution in [0.5, 0.6) is 34.5 Å². The molecule has 0 fully saturated rings. The van der Waals surface area contributed by atoms with E-state index in [9.17, 15) is 9.59 Å². The maximum absolute atomic E-state index is 14.4. The van der Waals surface area contributed by atoms with Crippen molar-refractivity contribution in [1.82, 2.24) is 9.80 Å². The van der Waals surface area contributed by atoms with Crippen molar-refractivity contribution in [3.63, 3.8) is 0 Å². The number of nitrogens with zero attached hydrogens (tertiary/aromatic N) is 4. The molecule has 2 amide bonds. The van der Waals surface area contributed by atoms with Gasteiger partial charge < -0.3 is 39.1 Å². The highest BCUT2D eigenvalue weighted by molar-refractivity contribution is 8.01. The van der Waals surface area contributed by atoms with E-state index >= 15 is 0 Å². The van der Waals surface area contributed by atoms with Crippen molar-refractivity contribution >= 4 is 70.5 Å². The number of methoxy groups -OCH3 is 6. The van der Waals surface area contributed by atoms with Gasteiger partial charge in [0.15, 0.2) is 34.0 Å². The molecule has 0 aromatic heterocycles. The number of ether oxygens (including phenoxy) is 6. The summed E-state index contributed by atoms with van der Waals surface area (Å²) in [5.74, 6) is 3.24. The highest BCUT2D eigenvalue weighted by Crippen LogP contribution is 2.50. The van der Waals surface area contributed by atoms with Crippen molar-refractivity contribution < 1.29 is 38.0 Å². The third-order valence-electron chi connectivity index (χ3n) is 10.4. The molecular weight excluding hydrogens is 829 g/mol. The molecule has 5 aromatic carbocycles. The maximum Gasteiger partial charge on any atom is 0.280 e. The number of hydrogen-bond donors (Lipinski definition) is 2. The van der Waals surface area contributed by atoms with Crippen LogP contribution in [0.1, 0.15) is 22.3 Å². The molecule has 4 aliphatic rings. The number of aliphatic imine (C=N–C) groups is 2. The summed E-state index contributed by atoms with van der Waals surface area (Å²) in [5.41, 5.74) is 4.09. The molecule has 4 heterocycles. The lowest BCUT2D eigenvalue weighted by Crippen LogP contribution is -2.42. The highest BCUT2D eigenvalue weighted by atomic mass is 32.2. The number of anilines is 2. The molecule has 4 aliphatic heterocycles. The minimum atomic E-state index is -0.509. The standard InChI is InChI=1S/C46H40N6O8S2/c1-55-33-19-25(20-34(56-2)39(33)59-5)17-31-43(53)51(41(47-31)27-13-9-7-10-14-27)45-49-29-23-38-30(24-37(29)61-45)50-46(62-38)52-42(28-15-11-8-12-16-28)48-32(44(52)54)18-26-21-35(57-3)40(60-6)36(22-26)58-4/h7-24,45-46,49-50H,1-6H3/b31-17-,32-18-. The van der Waals surface area contributed by atoms with E-state index in [4.69, 9.17) is 38.4 Å². The summed E-state index contributed by atoms with van der Waals surface area (Å²) < 4.78 is 33.2. The second-order valence-corrected chi connectivity index (χ2v) is 16.2. The molecule has 16 heteroatoms. The SMILES string of the molecule is COc1cc(/C=C2\N=C(c3ccccc3)N(C3Nc4cc5c(cc4S3)NC(N3C(=O)/C(=C/c4cc(OC)c(OC)c(OC)c4)N=C3c3ccccc3)S5)C2=O)cc(OC)c1OC. The van der Waals surface area contributed by atoms with Crippen molar-refractivity contribution in [3.05, 3.63) is 131 Å². The predicted octanol–water partition coefficient (Wildman–Crippen LogP) is 8.00. The van der Waals surface area contributed by atoms with E-state index in [2.05, 4.69) is 22.8 Å². The molecule has 314 valence electrons. The van der Waals surface area contributed by atoms with Crippen LogP contribution < -0.4 is 39.1 Å². The zero-order valence-electron chi connectivity index (χ0n) is 34.4. The Hall–Kier alpha value is -7.04. The van der Waals surface area contributed by atoms with Crippen LogP contribution >= 0.6 is 23.5 Å². The van der Waals surface area contributed by atoms with Gasteiger partial charge in [-0.3, -0.25) is 19.4 Å². The predicted molar refractivity (Wildman–Crippen MR) is 241 cm³/mol. The number of hydrogen-bond acceptors (Lipinski definition) is 14. The van der Waals surface area contributed by atoms with E-state index in [-0.39, 0.29) is 23.2 Å². The number of amidine groups is 2. The third kappa shape index (κ3) is 7.20. The highest BCUT2D eigenvalue weighted by Gasteiger charge is 2.43. The molecule has 2 atom stereocenters. The van der Waals surface area contributed by atoms with E-state index in [1.54, 1.807) is 88.9 Å². The number of benzene rings is 5. The number of carbonyl (C=O) groups is 2. The molecule has 2 unspecified atom stereocenters. The monoisotopic (exact) mass is 868 g/mol. The Balaban J connectivity index is 0.990. The van der Waals surface area contributed by atoms with Gasteiger partial charge in [0.25, 0.3) is 11.8 Å². The molecule has 0 radical (unpaired) electrons. The van der Waals surface area contributed by atoms with Crippen LogP contribution in [0, 0.1) is 0 Å². The summed E-state index contributed by atoms with van der Waals surface area (Å²) in [6.45, 7) is 0. The lowest BCUT2D eigenvalue weighted by molar-refractivity contribution is -0.123. The summed E-state index contributed by atoms with van der Waals surface area (Å²) in [5, 5.41) is 7.16. The van der Waals surface area contributed by atoms with Crippen LogP contribution in [0.15, 0.2) is 128 Å². The van der Waals surface area contributed by atoms with Crippen LogP contribution in [-0.2, 0) is 9.59 Å². The molecule has 5 aromatic rings. The van der Waals surface area contributed by atoms with Crippen molar-refractivity contribution in [3.8, 4) is 34.5 Å². The molecule has 0 aliphatic carbocycles. The Morgan fingerprint density at radius 1 is 0.516 bits per heavy atom. The van der Waals surface area contributed by atoms with Crippen LogP contribution in [-0.4, -0.2) is 86.9 Å². The second kappa shape index (κ2) is 16.8. The second-order valence-electron chi connectivity index (χ2n) is 14.0. The molecule has 2 N–H and O–H groups in total. The Labute approximate surface area is 366 Å². The quantitative estimate of drug-likeness (QED) is 0.117. The van der Waals surface area contributed by atoms with Gasteiger partial charge in [0, 0.05) is 20.9 Å². The lowest BCUT2D eigenvalue weighted by Gasteiger charge is -2.25. The van der Waals surface area contributed by atoms with Gasteiger partial charge in [-0.1, -0.05) is 84.2 Å². The number of amides is 2. The Bertz CT molecular complexity index is 2480. The van der Waals surface area contributed by atoms with Crippen LogP contribution in [0.3, 0.4) is 0 Å². The number of carbonyl (C=O) groups excluding carboxylic acids is 2. The number of thioether (sulfide) groups is 2. The normalized spacial score (nSPS) is 18.9. The minimum absolute atomic E-state index is 0.254. The first kappa shape index (κ1) is 40.4. The Kier molecular flexibility index (Phi) is 10.9. The number of nitrogens with one attached hydrogen (secondary N) is 2. The average molecular weight is 869 g/mol. The first-order valence-corrected chi connectivity index (χ1v) is 21.0. The average Bonchev–Trinajstić information content (AvgIpc) is 4.07. The smallest absolute Gasteiger partial charge is 0.280 e. The topological polar surface area (TPSA) is 145 Å². The Morgan fingerprint density at radius 2 is 0.871 bits per heavy atom. The summed E-state index contributed by atoms with van der Waals surface area (Å²) >= 11 is 3.01. The first-order chi connectivity index (χ1) is 30.2. The van der Waals surface area contributed by atoms with Crippen molar-refractivity contribution in [2.24, 2.45) is 9.98 Å². The molecular formula is C46H40N6O8S2. The van der Waals surface area contributed by atoms with Gasteiger partial charge in [-0.15, -0.1) is 0 Å². The van der Waals surface area contributed by atoms with E-state index in [1.807, 2.05) is 60.7 Å². The molecule has 62 heavy (non-hydrogen) atoms. The molecule has 0 spiro atoms. The molecule has 0 bridgehead atoms. The van der Waals surface area contributed by atoms with Crippen molar-refractivity contribution in [1.29, 1.82) is 0 Å².